The Balaban J connectivity index is 2.27. The number of carbonyl (C=O) groups is 1. The summed E-state index contributed by atoms with van der Waals surface area (Å²) in [5, 5.41) is 0. The maximum absolute atomic E-state index is 13.5. The second-order valence-electron chi connectivity index (χ2n) is 5.29. The van der Waals surface area contributed by atoms with Gasteiger partial charge in [-0.15, -0.1) is 0 Å². The summed E-state index contributed by atoms with van der Waals surface area (Å²) in [4.78, 5) is 13.3. The molecule has 0 aliphatic carbocycles. The molecule has 0 N–H and O–H groups in total. The van der Waals surface area contributed by atoms with Crippen molar-refractivity contribution in [2.45, 2.75) is 24.7 Å². The van der Waals surface area contributed by atoms with Crippen LogP contribution in [0.2, 0.25) is 0 Å². The molecule has 1 aromatic carbocycles. The Morgan fingerprint density at radius 2 is 2.00 bits per heavy atom. The number of carbonyl (C=O) groups excluding carboxylic acids is 1. The van der Waals surface area contributed by atoms with E-state index in [0.717, 1.165) is 12.1 Å². The third kappa shape index (κ3) is 3.81. The lowest BCUT2D eigenvalue weighted by Crippen LogP contribution is -2.37. The lowest BCUT2D eigenvalue weighted by molar-refractivity contribution is -0.130. The molecule has 128 valence electrons. The highest BCUT2D eigenvalue weighted by Crippen LogP contribution is 2.28. The largest absolute Gasteiger partial charge is 0.495 e. The first kappa shape index (κ1) is 17.7. The number of halogens is 1. The summed E-state index contributed by atoms with van der Waals surface area (Å²) >= 11 is 0. The summed E-state index contributed by atoms with van der Waals surface area (Å²) < 4.78 is 45.4. The normalized spacial score (nSPS) is 16.9. The lowest BCUT2D eigenvalue weighted by Gasteiger charge is -2.22. The summed E-state index contributed by atoms with van der Waals surface area (Å²) in [5.41, 5.74) is 0. The van der Waals surface area contributed by atoms with Crippen molar-refractivity contribution in [2.75, 3.05) is 33.3 Å². The molecule has 0 bridgehead atoms. The highest BCUT2D eigenvalue weighted by Gasteiger charge is 2.30. The van der Waals surface area contributed by atoms with Gasteiger partial charge in [-0.05, 0) is 24.6 Å². The van der Waals surface area contributed by atoms with E-state index in [0.29, 0.717) is 25.9 Å². The zero-order chi connectivity index (χ0) is 17.0. The second kappa shape index (κ2) is 7.27. The Labute approximate surface area is 135 Å². The molecule has 1 amide bonds. The minimum absolute atomic E-state index is 0.00702. The Kier molecular flexibility index (Phi) is 5.59. The van der Waals surface area contributed by atoms with Gasteiger partial charge in [-0.25, -0.2) is 12.8 Å². The molecule has 0 saturated carbocycles. The molecule has 2 rings (SSSR count). The fourth-order valence-corrected chi connectivity index (χ4v) is 4.24. The van der Waals surface area contributed by atoms with Crippen LogP contribution < -0.4 is 4.74 Å². The third-order valence-corrected chi connectivity index (χ3v) is 5.77. The second-order valence-corrected chi connectivity index (χ2v) is 7.19. The van der Waals surface area contributed by atoms with Gasteiger partial charge in [0.2, 0.25) is 15.9 Å². The number of amides is 1. The van der Waals surface area contributed by atoms with E-state index >= 15 is 0 Å². The molecule has 1 aliphatic rings. The quantitative estimate of drug-likeness (QED) is 0.829. The molecule has 1 aliphatic heterocycles. The van der Waals surface area contributed by atoms with Crippen molar-refractivity contribution < 1.29 is 22.3 Å². The highest BCUT2D eigenvalue weighted by atomic mass is 32.2. The fraction of sp³-hybridized carbons (Fsp3) is 0.533. The first-order valence-electron chi connectivity index (χ1n) is 7.51. The van der Waals surface area contributed by atoms with Gasteiger partial charge in [0, 0.05) is 32.6 Å². The van der Waals surface area contributed by atoms with Crippen molar-refractivity contribution in [3.8, 4) is 5.75 Å². The van der Waals surface area contributed by atoms with E-state index in [1.54, 1.807) is 11.8 Å². The number of benzene rings is 1. The molecule has 1 saturated heterocycles. The van der Waals surface area contributed by atoms with E-state index < -0.39 is 15.8 Å². The van der Waals surface area contributed by atoms with E-state index in [9.17, 15) is 17.6 Å². The number of sulfonamides is 1. The molecule has 8 heteroatoms. The topological polar surface area (TPSA) is 66.9 Å². The summed E-state index contributed by atoms with van der Waals surface area (Å²) in [5.74, 6) is -0.522. The van der Waals surface area contributed by atoms with Crippen molar-refractivity contribution in [1.29, 1.82) is 0 Å². The van der Waals surface area contributed by atoms with Crippen LogP contribution in [0, 0.1) is 5.82 Å². The molecule has 1 aromatic rings. The van der Waals surface area contributed by atoms with Gasteiger partial charge in [0.05, 0.1) is 7.11 Å². The molecule has 1 fully saturated rings. The first-order chi connectivity index (χ1) is 10.9. The minimum atomic E-state index is -3.88. The molecule has 0 aromatic heterocycles. The van der Waals surface area contributed by atoms with Gasteiger partial charge in [-0.1, -0.05) is 6.92 Å². The van der Waals surface area contributed by atoms with Crippen LogP contribution in [0.3, 0.4) is 0 Å². The van der Waals surface area contributed by atoms with Gasteiger partial charge in [0.15, 0.2) is 0 Å². The zero-order valence-electron chi connectivity index (χ0n) is 13.3. The van der Waals surface area contributed by atoms with E-state index in [2.05, 4.69) is 0 Å². The van der Waals surface area contributed by atoms with Crippen LogP contribution in [0.5, 0.6) is 5.75 Å². The third-order valence-electron chi connectivity index (χ3n) is 3.85. The van der Waals surface area contributed by atoms with E-state index in [1.165, 1.54) is 17.5 Å². The molecule has 0 atom stereocenters. The van der Waals surface area contributed by atoms with Gasteiger partial charge < -0.3 is 9.64 Å². The summed E-state index contributed by atoms with van der Waals surface area (Å²) in [6.45, 7) is 3.12. The van der Waals surface area contributed by atoms with Crippen LogP contribution in [0.4, 0.5) is 4.39 Å². The molecule has 1 heterocycles. The number of ether oxygens (including phenoxy) is 1. The Bertz CT molecular complexity index is 678. The standard InChI is InChI=1S/C15H21FN2O4S/c1-3-15(19)17-7-4-8-18(10-9-17)23(20,21)14-11-12(16)5-6-13(14)22-2/h5-6,11H,3-4,7-10H2,1-2H3. The average molecular weight is 344 g/mol. The number of methoxy groups -OCH3 is 1. The van der Waals surface area contributed by atoms with E-state index in [1.807, 2.05) is 0 Å². The maximum atomic E-state index is 13.5. The van der Waals surface area contributed by atoms with Crippen LogP contribution in [0.15, 0.2) is 23.1 Å². The summed E-state index contributed by atoms with van der Waals surface area (Å²) in [7, 11) is -2.53. The number of rotatable bonds is 4. The van der Waals surface area contributed by atoms with Crippen molar-refractivity contribution in [3.63, 3.8) is 0 Å². The summed E-state index contributed by atoms with van der Waals surface area (Å²) in [6.07, 6.45) is 0.938. The zero-order valence-corrected chi connectivity index (χ0v) is 14.1. The SMILES string of the molecule is CCC(=O)N1CCCN(S(=O)(=O)c2cc(F)ccc2OC)CC1. The van der Waals surface area contributed by atoms with Crippen molar-refractivity contribution >= 4 is 15.9 Å². The van der Waals surface area contributed by atoms with Gasteiger partial charge in [-0.3, -0.25) is 4.79 Å². The van der Waals surface area contributed by atoms with E-state index in [4.69, 9.17) is 4.74 Å². The van der Waals surface area contributed by atoms with Crippen molar-refractivity contribution in [2.24, 2.45) is 0 Å². The predicted octanol–water partition coefficient (Wildman–Crippen LogP) is 1.47. The molecule has 0 spiro atoms. The molecular weight excluding hydrogens is 323 g/mol. The smallest absolute Gasteiger partial charge is 0.246 e. The maximum Gasteiger partial charge on any atom is 0.246 e. The fourth-order valence-electron chi connectivity index (χ4n) is 2.60. The summed E-state index contributed by atoms with van der Waals surface area (Å²) in [6, 6.07) is 3.42. The van der Waals surface area contributed by atoms with Crippen molar-refractivity contribution in [3.05, 3.63) is 24.0 Å². The highest BCUT2D eigenvalue weighted by molar-refractivity contribution is 7.89. The molecule has 23 heavy (non-hydrogen) atoms. The van der Waals surface area contributed by atoms with Crippen molar-refractivity contribution in [1.82, 2.24) is 9.21 Å². The monoisotopic (exact) mass is 344 g/mol. The minimum Gasteiger partial charge on any atom is -0.495 e. The Hall–Kier alpha value is -1.67. The molecule has 0 radical (unpaired) electrons. The van der Waals surface area contributed by atoms with Gasteiger partial charge in [0.25, 0.3) is 0 Å². The molecule has 0 unspecified atom stereocenters. The number of hydrogen-bond acceptors (Lipinski definition) is 4. The first-order valence-corrected chi connectivity index (χ1v) is 8.95. The number of nitrogens with zero attached hydrogens (tertiary/aromatic N) is 2. The van der Waals surface area contributed by atoms with Crippen LogP contribution in [0.1, 0.15) is 19.8 Å². The average Bonchev–Trinajstić information content (AvgIpc) is 2.80. The van der Waals surface area contributed by atoms with E-state index in [-0.39, 0.29) is 29.6 Å². The lowest BCUT2D eigenvalue weighted by atomic mass is 10.3. The Morgan fingerprint density at radius 3 is 2.65 bits per heavy atom. The van der Waals surface area contributed by atoms with Crippen LogP contribution in [-0.2, 0) is 14.8 Å². The predicted molar refractivity (Wildman–Crippen MR) is 83.2 cm³/mol. The van der Waals surface area contributed by atoms with Crippen LogP contribution in [-0.4, -0.2) is 56.8 Å². The van der Waals surface area contributed by atoms with Crippen LogP contribution in [0.25, 0.3) is 0 Å². The molecule has 6 nitrogen and oxygen atoms in total. The molecular formula is C15H21FN2O4S. The van der Waals surface area contributed by atoms with Crippen LogP contribution >= 0.6 is 0 Å². The van der Waals surface area contributed by atoms with Gasteiger partial charge >= 0.3 is 0 Å². The number of hydrogen-bond donors (Lipinski definition) is 0. The van der Waals surface area contributed by atoms with Gasteiger partial charge in [0.1, 0.15) is 16.5 Å². The van der Waals surface area contributed by atoms with Gasteiger partial charge in [-0.2, -0.15) is 4.31 Å². The Morgan fingerprint density at radius 1 is 1.26 bits per heavy atom.